The van der Waals surface area contributed by atoms with E-state index in [9.17, 15) is 9.59 Å². The Labute approximate surface area is 172 Å². The first-order valence-electron chi connectivity index (χ1n) is 9.38. The minimum absolute atomic E-state index is 0.291. The van der Waals surface area contributed by atoms with Crippen molar-refractivity contribution in [2.24, 2.45) is 5.41 Å². The summed E-state index contributed by atoms with van der Waals surface area (Å²) in [4.78, 5) is 27.0. The van der Waals surface area contributed by atoms with Crippen molar-refractivity contribution < 1.29 is 19.1 Å². The van der Waals surface area contributed by atoms with Gasteiger partial charge in [-0.1, -0.05) is 0 Å². The predicted molar refractivity (Wildman–Crippen MR) is 115 cm³/mol. The Bertz CT molecular complexity index is 815. The third-order valence-electron chi connectivity index (χ3n) is 4.49. The average molecular weight is 399 g/mol. The van der Waals surface area contributed by atoms with Gasteiger partial charge in [-0.3, -0.25) is 9.59 Å². The molecule has 0 spiro atoms. The van der Waals surface area contributed by atoms with E-state index in [0.29, 0.717) is 24.6 Å². The lowest BCUT2D eigenvalue weighted by atomic mass is 9.91. The highest BCUT2D eigenvalue weighted by atomic mass is 16.5. The van der Waals surface area contributed by atoms with E-state index < -0.39 is 5.41 Å². The van der Waals surface area contributed by atoms with Crippen molar-refractivity contribution >= 4 is 23.2 Å². The van der Waals surface area contributed by atoms with Crippen LogP contribution in [-0.4, -0.2) is 46.2 Å². The number of hydrogen-bond acceptors (Lipinski definition) is 5. The number of methoxy groups -OCH3 is 1. The average Bonchev–Trinajstić information content (AvgIpc) is 2.71. The van der Waals surface area contributed by atoms with E-state index in [4.69, 9.17) is 9.47 Å². The molecule has 2 aromatic carbocycles. The summed E-state index contributed by atoms with van der Waals surface area (Å²) in [5.41, 5.74) is 0.446. The lowest BCUT2D eigenvalue weighted by molar-refractivity contribution is -0.138. The highest BCUT2D eigenvalue weighted by molar-refractivity contribution is 6.09. The topological polar surface area (TPSA) is 79.9 Å². The molecule has 29 heavy (non-hydrogen) atoms. The van der Waals surface area contributed by atoms with Gasteiger partial charge in [-0.15, -0.1) is 0 Å². The van der Waals surface area contributed by atoms with Gasteiger partial charge in [0.15, 0.2) is 0 Å². The van der Waals surface area contributed by atoms with Crippen molar-refractivity contribution in [1.82, 2.24) is 5.32 Å². The van der Waals surface area contributed by atoms with Gasteiger partial charge in [-0.25, -0.2) is 0 Å². The largest absolute Gasteiger partial charge is 0.497 e. The highest BCUT2D eigenvalue weighted by Gasteiger charge is 2.35. The van der Waals surface area contributed by atoms with E-state index in [2.05, 4.69) is 10.6 Å². The van der Waals surface area contributed by atoms with E-state index in [1.54, 1.807) is 45.2 Å². The van der Waals surface area contributed by atoms with Gasteiger partial charge in [0.25, 0.3) is 0 Å². The second-order valence-corrected chi connectivity index (χ2v) is 7.30. The summed E-state index contributed by atoms with van der Waals surface area (Å²) < 4.78 is 10.7. The molecule has 0 aliphatic carbocycles. The van der Waals surface area contributed by atoms with E-state index in [1.165, 1.54) is 0 Å². The number of ether oxygens (including phenoxy) is 2. The molecule has 0 atom stereocenters. The molecule has 156 valence electrons. The molecule has 2 N–H and O–H groups in total. The zero-order valence-corrected chi connectivity index (χ0v) is 17.6. The number of nitrogens with one attached hydrogen (secondary N) is 2. The Hall–Kier alpha value is -3.22. The molecule has 0 aliphatic heterocycles. The number of anilines is 2. The van der Waals surface area contributed by atoms with Crippen LogP contribution >= 0.6 is 0 Å². The van der Waals surface area contributed by atoms with Crippen LogP contribution in [0.4, 0.5) is 11.4 Å². The van der Waals surface area contributed by atoms with Crippen molar-refractivity contribution in [2.45, 2.75) is 13.8 Å². The molecule has 2 amide bonds. The maximum absolute atomic E-state index is 12.6. The third kappa shape index (κ3) is 6.14. The van der Waals surface area contributed by atoms with Crippen LogP contribution in [0.3, 0.4) is 0 Å². The molecule has 0 unspecified atom stereocenters. The molecule has 0 saturated carbocycles. The Morgan fingerprint density at radius 2 is 1.52 bits per heavy atom. The summed E-state index contributed by atoms with van der Waals surface area (Å²) >= 11 is 0. The number of benzene rings is 2. The van der Waals surface area contributed by atoms with Crippen LogP contribution in [0.1, 0.15) is 13.8 Å². The number of hydrogen-bond donors (Lipinski definition) is 2. The molecule has 0 heterocycles. The first-order valence-corrected chi connectivity index (χ1v) is 9.38. The van der Waals surface area contributed by atoms with Crippen LogP contribution in [0.15, 0.2) is 48.5 Å². The number of carbonyl (C=O) groups is 2. The van der Waals surface area contributed by atoms with Gasteiger partial charge in [0.1, 0.15) is 23.5 Å². The molecular weight excluding hydrogens is 370 g/mol. The normalized spacial score (nSPS) is 10.8. The molecule has 0 bridgehead atoms. The Morgan fingerprint density at radius 1 is 0.931 bits per heavy atom. The summed E-state index contributed by atoms with van der Waals surface area (Å²) in [6, 6.07) is 14.6. The molecule has 0 aromatic heterocycles. The van der Waals surface area contributed by atoms with Crippen molar-refractivity contribution in [3.05, 3.63) is 48.5 Å². The molecule has 0 aliphatic rings. The summed E-state index contributed by atoms with van der Waals surface area (Å²) in [7, 11) is 5.49. The molecular formula is C22H29N3O4. The maximum atomic E-state index is 12.6. The summed E-state index contributed by atoms with van der Waals surface area (Å²) in [5, 5.41) is 5.55. The fraction of sp³-hybridized carbons (Fsp3) is 0.364. The van der Waals surface area contributed by atoms with E-state index in [-0.39, 0.29) is 11.8 Å². The second kappa shape index (κ2) is 9.82. The molecule has 7 heteroatoms. The molecule has 0 fully saturated rings. The number of rotatable bonds is 9. The van der Waals surface area contributed by atoms with Crippen LogP contribution in [-0.2, 0) is 9.59 Å². The van der Waals surface area contributed by atoms with E-state index >= 15 is 0 Å². The summed E-state index contributed by atoms with van der Waals surface area (Å²) in [6.45, 7) is 3.77. The van der Waals surface area contributed by atoms with Crippen molar-refractivity contribution in [3.63, 3.8) is 0 Å². The fourth-order valence-corrected chi connectivity index (χ4v) is 2.46. The second-order valence-electron chi connectivity index (χ2n) is 7.30. The van der Waals surface area contributed by atoms with Crippen molar-refractivity contribution in [2.75, 3.05) is 44.6 Å². The molecule has 2 rings (SSSR count). The minimum atomic E-state index is -1.22. The Kier molecular flexibility index (Phi) is 7.47. The fourth-order valence-electron chi connectivity index (χ4n) is 2.46. The van der Waals surface area contributed by atoms with E-state index in [1.807, 2.05) is 43.3 Å². The summed E-state index contributed by atoms with van der Waals surface area (Å²) in [6.07, 6.45) is 0. The van der Waals surface area contributed by atoms with Crippen LogP contribution in [0, 0.1) is 5.41 Å². The van der Waals surface area contributed by atoms with Crippen LogP contribution < -0.4 is 25.0 Å². The molecule has 7 nitrogen and oxygen atoms in total. The zero-order chi connectivity index (χ0) is 21.4. The van der Waals surface area contributed by atoms with Crippen molar-refractivity contribution in [1.29, 1.82) is 0 Å². The van der Waals surface area contributed by atoms with Gasteiger partial charge in [-0.05, 0) is 62.4 Å². The smallest absolute Gasteiger partial charge is 0.239 e. The lowest BCUT2D eigenvalue weighted by Crippen LogP contribution is -2.46. The lowest BCUT2D eigenvalue weighted by Gasteiger charge is -2.23. The molecule has 2 aromatic rings. The standard InChI is InChI=1S/C22H29N3O4/c1-22(2,21(27)24-16-6-8-17(9-7-16)25(3)4)20(26)23-14-15-29-19-12-10-18(28-5)11-13-19/h6-13H,14-15H2,1-5H3,(H,23,26)(H,24,27). The van der Waals surface area contributed by atoms with Crippen LogP contribution in [0.2, 0.25) is 0 Å². The van der Waals surface area contributed by atoms with Gasteiger partial charge in [0, 0.05) is 25.5 Å². The Morgan fingerprint density at radius 3 is 2.07 bits per heavy atom. The molecule has 0 radical (unpaired) electrons. The first kappa shape index (κ1) is 22.1. The minimum Gasteiger partial charge on any atom is -0.497 e. The van der Waals surface area contributed by atoms with Gasteiger partial charge in [0.2, 0.25) is 11.8 Å². The SMILES string of the molecule is COc1ccc(OCCNC(=O)C(C)(C)C(=O)Nc2ccc(N(C)C)cc2)cc1. The van der Waals surface area contributed by atoms with Gasteiger partial charge < -0.3 is 25.0 Å². The van der Waals surface area contributed by atoms with Crippen LogP contribution in [0.25, 0.3) is 0 Å². The highest BCUT2D eigenvalue weighted by Crippen LogP contribution is 2.21. The van der Waals surface area contributed by atoms with Crippen molar-refractivity contribution in [3.8, 4) is 11.5 Å². The zero-order valence-electron chi connectivity index (χ0n) is 17.6. The number of amides is 2. The van der Waals surface area contributed by atoms with Gasteiger partial charge in [-0.2, -0.15) is 0 Å². The maximum Gasteiger partial charge on any atom is 0.239 e. The first-order chi connectivity index (χ1) is 13.7. The quantitative estimate of drug-likeness (QED) is 0.501. The number of carbonyl (C=O) groups excluding carboxylic acids is 2. The van der Waals surface area contributed by atoms with Crippen LogP contribution in [0.5, 0.6) is 11.5 Å². The van der Waals surface area contributed by atoms with E-state index in [0.717, 1.165) is 11.4 Å². The summed E-state index contributed by atoms with van der Waals surface area (Å²) in [5.74, 6) is 0.690. The number of nitrogens with zero attached hydrogens (tertiary/aromatic N) is 1. The molecule has 0 saturated heterocycles. The third-order valence-corrected chi connectivity index (χ3v) is 4.49. The van der Waals surface area contributed by atoms with Gasteiger partial charge in [0.05, 0.1) is 13.7 Å². The monoisotopic (exact) mass is 399 g/mol. The predicted octanol–water partition coefficient (Wildman–Crippen LogP) is 2.92. The Balaban J connectivity index is 1.81. The van der Waals surface area contributed by atoms with Gasteiger partial charge >= 0.3 is 0 Å².